The first-order valence-electron chi connectivity index (χ1n) is 9.99. The van der Waals surface area contributed by atoms with E-state index in [4.69, 9.17) is 14.2 Å². The Bertz CT molecular complexity index is 953. The molecule has 0 bridgehead atoms. The van der Waals surface area contributed by atoms with Crippen molar-refractivity contribution in [3.63, 3.8) is 0 Å². The highest BCUT2D eigenvalue weighted by molar-refractivity contribution is 5.30. The lowest BCUT2D eigenvalue weighted by molar-refractivity contribution is 0.362. The van der Waals surface area contributed by atoms with Crippen LogP contribution in [0.3, 0.4) is 0 Å². The van der Waals surface area contributed by atoms with Crippen LogP contribution in [0.15, 0.2) is 121 Å². The number of benzene rings is 4. The molecule has 0 aliphatic carbocycles. The quantitative estimate of drug-likeness (QED) is 0.335. The van der Waals surface area contributed by atoms with Gasteiger partial charge in [0.05, 0.1) is 0 Å². The van der Waals surface area contributed by atoms with Gasteiger partial charge in [0.25, 0.3) is 0 Å². The molecule has 0 aliphatic heterocycles. The fraction of sp³-hybridized carbons (Fsp3) is 0.0714. The van der Waals surface area contributed by atoms with Gasteiger partial charge >= 0.3 is 0 Å². The summed E-state index contributed by atoms with van der Waals surface area (Å²) in [5, 5.41) is 0. The Hall–Kier alpha value is -4.16. The minimum Gasteiger partial charge on any atom is -0.481 e. The summed E-state index contributed by atoms with van der Waals surface area (Å²) in [5.74, 6) is 9.21. The van der Waals surface area contributed by atoms with Gasteiger partial charge in [-0.3, -0.25) is 0 Å². The van der Waals surface area contributed by atoms with Crippen LogP contribution >= 0.6 is 0 Å². The molecule has 0 atom stereocenters. The van der Waals surface area contributed by atoms with E-state index in [9.17, 15) is 0 Å². The lowest BCUT2D eigenvalue weighted by Gasteiger charge is -2.03. The predicted octanol–water partition coefficient (Wildman–Crippen LogP) is 6.63. The predicted molar refractivity (Wildman–Crippen MR) is 125 cm³/mol. The van der Waals surface area contributed by atoms with Crippen LogP contribution < -0.4 is 14.2 Å². The van der Waals surface area contributed by atoms with E-state index in [0.29, 0.717) is 13.2 Å². The molecule has 0 heterocycles. The van der Waals surface area contributed by atoms with Crippen molar-refractivity contribution < 1.29 is 14.2 Å². The van der Waals surface area contributed by atoms with Crippen LogP contribution in [0.5, 0.6) is 23.0 Å². The Morgan fingerprint density at radius 3 is 1.00 bits per heavy atom. The summed E-state index contributed by atoms with van der Waals surface area (Å²) < 4.78 is 16.4. The zero-order chi connectivity index (χ0) is 21.4. The minimum absolute atomic E-state index is 0.377. The Labute approximate surface area is 183 Å². The Morgan fingerprint density at radius 2 is 0.677 bits per heavy atom. The molecule has 0 saturated carbocycles. The largest absolute Gasteiger partial charge is 0.481 e. The van der Waals surface area contributed by atoms with Crippen LogP contribution in [-0.4, -0.2) is 13.2 Å². The molecule has 4 aromatic carbocycles. The summed E-state index contributed by atoms with van der Waals surface area (Å²) in [6.07, 6.45) is 0. The van der Waals surface area contributed by atoms with Gasteiger partial charge in [0, 0.05) is 0 Å². The maximum absolute atomic E-state index is 5.58. The highest BCUT2D eigenvalue weighted by Gasteiger charge is 1.92. The van der Waals surface area contributed by atoms with Crippen LogP contribution in [0.1, 0.15) is 0 Å². The third-order valence-corrected chi connectivity index (χ3v) is 3.96. The normalized spacial score (nSPS) is 9.29. The van der Waals surface area contributed by atoms with Gasteiger partial charge in [-0.05, 0) is 48.5 Å². The third-order valence-electron chi connectivity index (χ3n) is 3.96. The van der Waals surface area contributed by atoms with E-state index in [1.807, 2.05) is 121 Å². The molecule has 0 radical (unpaired) electrons. The van der Waals surface area contributed by atoms with Gasteiger partial charge in [0.1, 0.15) is 36.2 Å². The summed E-state index contributed by atoms with van der Waals surface area (Å²) in [7, 11) is 0. The Kier molecular flexibility index (Phi) is 9.13. The standard InChI is InChI=1S/C16H14O2.C12H10O/c1-3-9-15(10-4-1)17-13-7-8-14-18-16-11-5-2-6-12-16;1-3-7-11(8-4-1)13-12-9-5-2-6-10-12/h1-6,9-12H,13-14H2;1-10H. The first-order chi connectivity index (χ1) is 15.4. The molecular formula is C28H24O3. The highest BCUT2D eigenvalue weighted by Crippen LogP contribution is 2.19. The van der Waals surface area contributed by atoms with Crippen LogP contribution in [-0.2, 0) is 0 Å². The Balaban J connectivity index is 0.000000185. The first-order valence-corrected chi connectivity index (χ1v) is 9.99. The number of rotatable bonds is 6. The average Bonchev–Trinajstić information content (AvgIpc) is 2.84. The molecule has 4 aromatic rings. The molecule has 3 heteroatoms. The Morgan fingerprint density at radius 1 is 0.387 bits per heavy atom. The van der Waals surface area contributed by atoms with E-state index in [1.54, 1.807) is 0 Å². The van der Waals surface area contributed by atoms with E-state index in [1.165, 1.54) is 0 Å². The number of hydrogen-bond acceptors (Lipinski definition) is 3. The fourth-order valence-electron chi connectivity index (χ4n) is 2.49. The van der Waals surface area contributed by atoms with Crippen molar-refractivity contribution in [3.8, 4) is 34.8 Å². The van der Waals surface area contributed by atoms with E-state index in [2.05, 4.69) is 11.8 Å². The molecule has 0 aromatic heterocycles. The molecular weight excluding hydrogens is 384 g/mol. The van der Waals surface area contributed by atoms with Gasteiger partial charge in [0.15, 0.2) is 0 Å². The number of para-hydroxylation sites is 4. The first kappa shape index (κ1) is 21.5. The second kappa shape index (κ2) is 13.1. The summed E-state index contributed by atoms with van der Waals surface area (Å²) >= 11 is 0. The van der Waals surface area contributed by atoms with Crippen molar-refractivity contribution in [2.45, 2.75) is 0 Å². The smallest absolute Gasteiger partial charge is 0.149 e. The van der Waals surface area contributed by atoms with Crippen molar-refractivity contribution in [2.75, 3.05) is 13.2 Å². The molecule has 0 fully saturated rings. The van der Waals surface area contributed by atoms with Gasteiger partial charge in [-0.25, -0.2) is 0 Å². The molecule has 4 rings (SSSR count). The van der Waals surface area contributed by atoms with Crippen LogP contribution in [0.25, 0.3) is 0 Å². The van der Waals surface area contributed by atoms with E-state index >= 15 is 0 Å². The summed E-state index contributed by atoms with van der Waals surface area (Å²) in [5.41, 5.74) is 0. The molecule has 0 spiro atoms. The van der Waals surface area contributed by atoms with E-state index in [0.717, 1.165) is 23.0 Å². The lowest BCUT2D eigenvalue weighted by atomic mass is 10.3. The molecule has 0 unspecified atom stereocenters. The maximum atomic E-state index is 5.58. The van der Waals surface area contributed by atoms with Gasteiger partial charge < -0.3 is 14.2 Å². The molecule has 0 N–H and O–H groups in total. The molecule has 0 saturated heterocycles. The maximum Gasteiger partial charge on any atom is 0.149 e. The van der Waals surface area contributed by atoms with Crippen LogP contribution in [0, 0.1) is 11.8 Å². The lowest BCUT2D eigenvalue weighted by Crippen LogP contribution is -1.96. The summed E-state index contributed by atoms with van der Waals surface area (Å²) in [6.45, 7) is 0.754. The van der Waals surface area contributed by atoms with E-state index in [-0.39, 0.29) is 0 Å². The van der Waals surface area contributed by atoms with Crippen molar-refractivity contribution in [2.24, 2.45) is 0 Å². The zero-order valence-corrected chi connectivity index (χ0v) is 17.2. The number of hydrogen-bond donors (Lipinski definition) is 0. The SMILES string of the molecule is C(#CCOc1ccccc1)COc1ccccc1.c1ccc(Oc2ccccc2)cc1. The van der Waals surface area contributed by atoms with Crippen molar-refractivity contribution in [1.29, 1.82) is 0 Å². The second-order valence-corrected chi connectivity index (χ2v) is 6.29. The molecule has 0 amide bonds. The zero-order valence-electron chi connectivity index (χ0n) is 17.2. The van der Waals surface area contributed by atoms with Gasteiger partial charge in [-0.15, -0.1) is 0 Å². The van der Waals surface area contributed by atoms with Gasteiger partial charge in [0.2, 0.25) is 0 Å². The average molecular weight is 408 g/mol. The molecule has 31 heavy (non-hydrogen) atoms. The molecule has 3 nitrogen and oxygen atoms in total. The second-order valence-electron chi connectivity index (χ2n) is 6.29. The van der Waals surface area contributed by atoms with E-state index < -0.39 is 0 Å². The molecule has 0 aliphatic rings. The fourth-order valence-corrected chi connectivity index (χ4v) is 2.49. The minimum atomic E-state index is 0.377. The topological polar surface area (TPSA) is 27.7 Å². The number of ether oxygens (including phenoxy) is 3. The third kappa shape index (κ3) is 8.81. The van der Waals surface area contributed by atoms with Crippen molar-refractivity contribution in [1.82, 2.24) is 0 Å². The van der Waals surface area contributed by atoms with Crippen LogP contribution in [0.4, 0.5) is 0 Å². The van der Waals surface area contributed by atoms with Crippen molar-refractivity contribution in [3.05, 3.63) is 121 Å². The van der Waals surface area contributed by atoms with Gasteiger partial charge in [-0.1, -0.05) is 84.6 Å². The van der Waals surface area contributed by atoms with Crippen LogP contribution in [0.2, 0.25) is 0 Å². The summed E-state index contributed by atoms with van der Waals surface area (Å²) in [6, 6.07) is 38.8. The van der Waals surface area contributed by atoms with Crippen molar-refractivity contribution >= 4 is 0 Å². The summed E-state index contributed by atoms with van der Waals surface area (Å²) in [4.78, 5) is 0. The molecule has 154 valence electrons. The highest BCUT2D eigenvalue weighted by atomic mass is 16.5. The van der Waals surface area contributed by atoms with Gasteiger partial charge in [-0.2, -0.15) is 0 Å². The monoisotopic (exact) mass is 408 g/mol.